The molecule has 0 radical (unpaired) electrons. The number of methoxy groups -OCH3 is 1. The lowest BCUT2D eigenvalue weighted by Crippen LogP contribution is -2.37. The first-order chi connectivity index (χ1) is 9.36. The molecule has 0 atom stereocenters. The summed E-state index contributed by atoms with van der Waals surface area (Å²) in [5, 5.41) is 18.1. The molecule has 0 amide bonds. The number of phenolic OH excluding ortho intramolecular Hbond substituents is 1. The molecule has 20 heavy (non-hydrogen) atoms. The van der Waals surface area contributed by atoms with Crippen LogP contribution < -0.4 is 4.31 Å². The molecule has 8 heteroatoms. The van der Waals surface area contributed by atoms with E-state index < -0.39 is 22.5 Å². The Morgan fingerprint density at radius 3 is 2.40 bits per heavy atom. The highest BCUT2D eigenvalue weighted by molar-refractivity contribution is 7.92. The standard InChI is InChI=1S/C12H17NO6S/c1-19-7-2-8-20(17,18)13(9-12(15)16)10-3-5-11(14)6-4-10/h3-6,14H,2,7-9H2,1H3,(H,15,16). The van der Waals surface area contributed by atoms with Gasteiger partial charge < -0.3 is 14.9 Å². The third-order valence-electron chi connectivity index (χ3n) is 2.50. The monoisotopic (exact) mass is 303 g/mol. The average molecular weight is 303 g/mol. The molecule has 0 saturated heterocycles. The van der Waals surface area contributed by atoms with Crippen molar-refractivity contribution in [2.24, 2.45) is 0 Å². The molecule has 7 nitrogen and oxygen atoms in total. The minimum Gasteiger partial charge on any atom is -0.508 e. The summed E-state index contributed by atoms with van der Waals surface area (Å²) in [4.78, 5) is 10.8. The summed E-state index contributed by atoms with van der Waals surface area (Å²) >= 11 is 0. The molecule has 0 aliphatic carbocycles. The van der Waals surface area contributed by atoms with Gasteiger partial charge in [-0.2, -0.15) is 0 Å². The fourth-order valence-corrected chi connectivity index (χ4v) is 3.04. The summed E-state index contributed by atoms with van der Waals surface area (Å²) < 4.78 is 29.9. The summed E-state index contributed by atoms with van der Waals surface area (Å²) in [6.07, 6.45) is 0.271. The molecule has 0 aliphatic rings. The summed E-state index contributed by atoms with van der Waals surface area (Å²) in [7, 11) is -2.30. The van der Waals surface area contributed by atoms with Crippen molar-refractivity contribution in [3.63, 3.8) is 0 Å². The summed E-state index contributed by atoms with van der Waals surface area (Å²) in [6, 6.07) is 5.31. The highest BCUT2D eigenvalue weighted by Crippen LogP contribution is 2.21. The Bertz CT molecular complexity index is 540. The van der Waals surface area contributed by atoms with Crippen molar-refractivity contribution in [2.75, 3.05) is 30.3 Å². The van der Waals surface area contributed by atoms with E-state index in [4.69, 9.17) is 9.84 Å². The third-order valence-corrected chi connectivity index (χ3v) is 4.32. The number of phenols is 1. The van der Waals surface area contributed by atoms with Gasteiger partial charge in [0.25, 0.3) is 0 Å². The third kappa shape index (κ3) is 4.71. The predicted octanol–water partition coefficient (Wildman–Crippen LogP) is 0.649. The number of benzene rings is 1. The van der Waals surface area contributed by atoms with Crippen molar-refractivity contribution < 1.29 is 28.2 Å². The summed E-state index contributed by atoms with van der Waals surface area (Å²) in [6.45, 7) is -0.393. The molecule has 0 aromatic heterocycles. The molecular weight excluding hydrogens is 286 g/mol. The highest BCUT2D eigenvalue weighted by Gasteiger charge is 2.24. The number of anilines is 1. The molecule has 2 N–H and O–H groups in total. The van der Waals surface area contributed by atoms with Gasteiger partial charge in [0.2, 0.25) is 10.0 Å². The molecule has 0 heterocycles. The van der Waals surface area contributed by atoms with E-state index in [1.807, 2.05) is 0 Å². The molecule has 1 aromatic rings. The molecular formula is C12H17NO6S. The van der Waals surface area contributed by atoms with Gasteiger partial charge >= 0.3 is 5.97 Å². The van der Waals surface area contributed by atoms with E-state index in [9.17, 15) is 18.3 Å². The molecule has 1 aromatic carbocycles. The lowest BCUT2D eigenvalue weighted by Gasteiger charge is -2.22. The van der Waals surface area contributed by atoms with Crippen molar-refractivity contribution in [2.45, 2.75) is 6.42 Å². The number of nitrogens with zero attached hydrogens (tertiary/aromatic N) is 1. The van der Waals surface area contributed by atoms with Crippen LogP contribution in [0.1, 0.15) is 6.42 Å². The summed E-state index contributed by atoms with van der Waals surface area (Å²) in [5.41, 5.74) is 0.197. The zero-order chi connectivity index (χ0) is 15.2. The Labute approximate surface area is 117 Å². The van der Waals surface area contributed by atoms with Crippen LogP contribution in [-0.4, -0.2) is 50.6 Å². The van der Waals surface area contributed by atoms with E-state index in [2.05, 4.69) is 0 Å². The van der Waals surface area contributed by atoms with Crippen LogP contribution in [0.25, 0.3) is 0 Å². The second-order valence-electron chi connectivity index (χ2n) is 4.08. The van der Waals surface area contributed by atoms with Crippen LogP contribution in [0, 0.1) is 0 Å². The van der Waals surface area contributed by atoms with Gasteiger partial charge in [0.15, 0.2) is 0 Å². The number of aliphatic carboxylic acids is 1. The normalized spacial score (nSPS) is 11.2. The Kier molecular flexibility index (Phi) is 5.78. The van der Waals surface area contributed by atoms with Crippen molar-refractivity contribution >= 4 is 21.7 Å². The molecule has 1 rings (SSSR count). The lowest BCUT2D eigenvalue weighted by molar-refractivity contribution is -0.135. The topological polar surface area (TPSA) is 104 Å². The van der Waals surface area contributed by atoms with Gasteiger partial charge in [-0.25, -0.2) is 8.42 Å². The van der Waals surface area contributed by atoms with E-state index in [-0.39, 0.29) is 30.2 Å². The van der Waals surface area contributed by atoms with Crippen LogP contribution in [0.15, 0.2) is 24.3 Å². The van der Waals surface area contributed by atoms with Crippen molar-refractivity contribution in [3.05, 3.63) is 24.3 Å². The minimum absolute atomic E-state index is 0.0270. The van der Waals surface area contributed by atoms with Gasteiger partial charge in [-0.1, -0.05) is 0 Å². The molecule has 0 fully saturated rings. The number of hydrogen-bond acceptors (Lipinski definition) is 5. The Hall–Kier alpha value is -1.80. The Morgan fingerprint density at radius 1 is 1.30 bits per heavy atom. The maximum atomic E-state index is 12.2. The zero-order valence-corrected chi connectivity index (χ0v) is 11.8. The second-order valence-corrected chi connectivity index (χ2v) is 6.09. The highest BCUT2D eigenvalue weighted by atomic mass is 32.2. The number of carbonyl (C=O) groups is 1. The maximum Gasteiger partial charge on any atom is 0.324 e. The first-order valence-electron chi connectivity index (χ1n) is 5.87. The molecule has 0 bridgehead atoms. The van der Waals surface area contributed by atoms with Crippen molar-refractivity contribution in [3.8, 4) is 5.75 Å². The van der Waals surface area contributed by atoms with Crippen LogP contribution in [0.2, 0.25) is 0 Å². The van der Waals surface area contributed by atoms with Gasteiger partial charge in [0.05, 0.1) is 11.4 Å². The van der Waals surface area contributed by atoms with Gasteiger partial charge in [0.1, 0.15) is 12.3 Å². The van der Waals surface area contributed by atoms with E-state index in [0.29, 0.717) is 0 Å². The minimum atomic E-state index is -3.76. The first kappa shape index (κ1) is 16.3. The molecule has 0 aliphatic heterocycles. The fourth-order valence-electron chi connectivity index (χ4n) is 1.59. The molecule has 0 saturated carbocycles. The number of aromatic hydroxyl groups is 1. The smallest absolute Gasteiger partial charge is 0.324 e. The number of ether oxygens (including phenoxy) is 1. The largest absolute Gasteiger partial charge is 0.508 e. The van der Waals surface area contributed by atoms with E-state index in [1.54, 1.807) is 0 Å². The van der Waals surface area contributed by atoms with Gasteiger partial charge in [0, 0.05) is 13.7 Å². The Morgan fingerprint density at radius 2 is 1.90 bits per heavy atom. The molecule has 0 unspecified atom stereocenters. The van der Waals surface area contributed by atoms with Crippen LogP contribution in [0.4, 0.5) is 5.69 Å². The summed E-state index contributed by atoms with van der Waals surface area (Å²) in [5.74, 6) is -1.50. The van der Waals surface area contributed by atoms with Crippen LogP contribution in [0.5, 0.6) is 5.75 Å². The van der Waals surface area contributed by atoms with E-state index in [1.165, 1.54) is 31.4 Å². The number of rotatable bonds is 8. The SMILES string of the molecule is COCCCS(=O)(=O)N(CC(=O)O)c1ccc(O)cc1. The molecule has 0 spiro atoms. The fraction of sp³-hybridized carbons (Fsp3) is 0.417. The van der Waals surface area contributed by atoms with Crippen LogP contribution >= 0.6 is 0 Å². The molecule has 112 valence electrons. The van der Waals surface area contributed by atoms with E-state index >= 15 is 0 Å². The van der Waals surface area contributed by atoms with E-state index in [0.717, 1.165) is 4.31 Å². The number of hydrogen-bond donors (Lipinski definition) is 2. The first-order valence-corrected chi connectivity index (χ1v) is 7.48. The van der Waals surface area contributed by atoms with Crippen LogP contribution in [0.3, 0.4) is 0 Å². The number of sulfonamides is 1. The van der Waals surface area contributed by atoms with Gasteiger partial charge in [-0.15, -0.1) is 0 Å². The lowest BCUT2D eigenvalue weighted by atomic mass is 10.3. The average Bonchev–Trinajstić information content (AvgIpc) is 2.37. The van der Waals surface area contributed by atoms with Gasteiger partial charge in [-0.05, 0) is 30.7 Å². The van der Waals surface area contributed by atoms with Crippen molar-refractivity contribution in [1.82, 2.24) is 0 Å². The Balaban J connectivity index is 2.99. The predicted molar refractivity (Wildman–Crippen MR) is 73.4 cm³/mol. The van der Waals surface area contributed by atoms with Gasteiger partial charge in [-0.3, -0.25) is 9.10 Å². The maximum absolute atomic E-state index is 12.2. The second kappa shape index (κ2) is 7.11. The quantitative estimate of drug-likeness (QED) is 0.683. The number of carboxylic acid groups (broad SMARTS) is 1. The zero-order valence-electron chi connectivity index (χ0n) is 11.0. The van der Waals surface area contributed by atoms with Crippen molar-refractivity contribution in [1.29, 1.82) is 0 Å². The van der Waals surface area contributed by atoms with Crippen LogP contribution in [-0.2, 0) is 19.6 Å². The number of carboxylic acids is 1.